The Balaban J connectivity index is 2.16. The number of aromatic carboxylic acids is 1. The second-order valence-electron chi connectivity index (χ2n) is 3.27. The van der Waals surface area contributed by atoms with Crippen LogP contribution in [-0.2, 0) is 0 Å². The second kappa shape index (κ2) is 4.84. The van der Waals surface area contributed by atoms with E-state index in [1.807, 2.05) is 0 Å². The number of carboxylic acids is 1. The van der Waals surface area contributed by atoms with E-state index in [1.54, 1.807) is 18.2 Å². The third-order valence-corrected chi connectivity index (χ3v) is 2.22. The second-order valence-corrected chi connectivity index (χ2v) is 3.71. The molecule has 5 heteroatoms. The van der Waals surface area contributed by atoms with Crippen molar-refractivity contribution < 1.29 is 14.6 Å². The molecule has 1 heterocycles. The highest BCUT2D eigenvalue weighted by Gasteiger charge is 2.03. The molecule has 4 nitrogen and oxygen atoms in total. The van der Waals surface area contributed by atoms with E-state index in [-0.39, 0.29) is 5.56 Å². The zero-order valence-electron chi connectivity index (χ0n) is 8.63. The van der Waals surface area contributed by atoms with Crippen molar-refractivity contribution in [3.8, 4) is 11.5 Å². The topological polar surface area (TPSA) is 59.4 Å². The number of halogens is 1. The fraction of sp³-hybridized carbons (Fsp3) is 0. The van der Waals surface area contributed by atoms with Gasteiger partial charge in [-0.1, -0.05) is 11.6 Å². The molecule has 0 bridgehead atoms. The lowest BCUT2D eigenvalue weighted by atomic mass is 10.2. The molecule has 0 amide bonds. The molecule has 0 fully saturated rings. The molecular weight excluding hydrogens is 242 g/mol. The summed E-state index contributed by atoms with van der Waals surface area (Å²) < 4.78 is 5.45. The van der Waals surface area contributed by atoms with E-state index in [2.05, 4.69) is 4.98 Å². The van der Waals surface area contributed by atoms with Crippen LogP contribution in [0.15, 0.2) is 42.7 Å². The molecule has 0 radical (unpaired) electrons. The van der Waals surface area contributed by atoms with E-state index >= 15 is 0 Å². The highest BCUT2D eigenvalue weighted by molar-refractivity contribution is 6.30. The largest absolute Gasteiger partial charge is 0.478 e. The van der Waals surface area contributed by atoms with Gasteiger partial charge in [0.25, 0.3) is 0 Å². The van der Waals surface area contributed by atoms with Crippen LogP contribution in [0.5, 0.6) is 11.5 Å². The molecule has 0 aliphatic heterocycles. The number of nitrogens with zero attached hydrogens (tertiary/aromatic N) is 1. The van der Waals surface area contributed by atoms with Gasteiger partial charge in [-0.2, -0.15) is 0 Å². The van der Waals surface area contributed by atoms with Crippen molar-refractivity contribution in [1.29, 1.82) is 0 Å². The maximum absolute atomic E-state index is 10.6. The zero-order chi connectivity index (χ0) is 12.3. The maximum Gasteiger partial charge on any atom is 0.335 e. The first-order chi connectivity index (χ1) is 8.15. The van der Waals surface area contributed by atoms with Crippen molar-refractivity contribution in [3.05, 3.63) is 53.3 Å². The van der Waals surface area contributed by atoms with E-state index in [0.29, 0.717) is 16.5 Å². The van der Waals surface area contributed by atoms with Crippen molar-refractivity contribution in [2.45, 2.75) is 0 Å². The van der Waals surface area contributed by atoms with Crippen LogP contribution >= 0.6 is 11.6 Å². The predicted octanol–water partition coefficient (Wildman–Crippen LogP) is 3.23. The zero-order valence-corrected chi connectivity index (χ0v) is 9.39. The Bertz CT molecular complexity index is 540. The van der Waals surface area contributed by atoms with Crippen molar-refractivity contribution >= 4 is 17.6 Å². The van der Waals surface area contributed by atoms with Crippen LogP contribution in [0.2, 0.25) is 5.02 Å². The van der Waals surface area contributed by atoms with E-state index in [0.717, 1.165) is 0 Å². The fourth-order valence-electron chi connectivity index (χ4n) is 1.25. The lowest BCUT2D eigenvalue weighted by molar-refractivity contribution is 0.0697. The van der Waals surface area contributed by atoms with Crippen LogP contribution in [0.1, 0.15) is 10.4 Å². The van der Waals surface area contributed by atoms with Gasteiger partial charge in [-0.15, -0.1) is 0 Å². The molecule has 17 heavy (non-hydrogen) atoms. The van der Waals surface area contributed by atoms with Crippen molar-refractivity contribution in [2.24, 2.45) is 0 Å². The number of carboxylic acid groups (broad SMARTS) is 1. The molecule has 0 aliphatic carbocycles. The maximum atomic E-state index is 10.6. The normalized spacial score (nSPS) is 9.94. The number of hydrogen-bond acceptors (Lipinski definition) is 3. The highest BCUT2D eigenvalue weighted by Crippen LogP contribution is 2.23. The first-order valence-corrected chi connectivity index (χ1v) is 5.15. The molecule has 1 N–H and O–H groups in total. The van der Waals surface area contributed by atoms with Crippen LogP contribution in [0.25, 0.3) is 0 Å². The highest BCUT2D eigenvalue weighted by atomic mass is 35.5. The molecule has 0 unspecified atom stereocenters. The average molecular weight is 250 g/mol. The van der Waals surface area contributed by atoms with Gasteiger partial charge in [0.1, 0.15) is 11.5 Å². The third kappa shape index (κ3) is 2.95. The Morgan fingerprint density at radius 3 is 2.47 bits per heavy atom. The van der Waals surface area contributed by atoms with Gasteiger partial charge in [0.15, 0.2) is 0 Å². The summed E-state index contributed by atoms with van der Waals surface area (Å²) in [5, 5.41) is 9.21. The summed E-state index contributed by atoms with van der Waals surface area (Å²) in [4.78, 5) is 14.5. The summed E-state index contributed by atoms with van der Waals surface area (Å²) in [6.45, 7) is 0. The summed E-state index contributed by atoms with van der Waals surface area (Å²) in [6.07, 6.45) is 3.03. The number of ether oxygens (including phenoxy) is 1. The van der Waals surface area contributed by atoms with E-state index in [4.69, 9.17) is 21.4 Å². The Morgan fingerprint density at radius 1 is 1.18 bits per heavy atom. The molecule has 0 atom stereocenters. The van der Waals surface area contributed by atoms with Gasteiger partial charge in [0, 0.05) is 12.3 Å². The Kier molecular flexibility index (Phi) is 3.25. The number of benzene rings is 1. The molecule has 0 saturated heterocycles. The molecule has 0 saturated carbocycles. The fourth-order valence-corrected chi connectivity index (χ4v) is 1.41. The van der Waals surface area contributed by atoms with Crippen LogP contribution in [-0.4, -0.2) is 16.1 Å². The van der Waals surface area contributed by atoms with Crippen molar-refractivity contribution in [3.63, 3.8) is 0 Å². The van der Waals surface area contributed by atoms with Gasteiger partial charge in [-0.25, -0.2) is 4.79 Å². The third-order valence-electron chi connectivity index (χ3n) is 2.02. The van der Waals surface area contributed by atoms with E-state index < -0.39 is 5.97 Å². The van der Waals surface area contributed by atoms with Gasteiger partial charge < -0.3 is 9.84 Å². The monoisotopic (exact) mass is 249 g/mol. The quantitative estimate of drug-likeness (QED) is 0.907. The smallest absolute Gasteiger partial charge is 0.335 e. The Labute approximate surface area is 102 Å². The molecular formula is C12H8ClNO3. The van der Waals surface area contributed by atoms with Gasteiger partial charge >= 0.3 is 5.97 Å². The van der Waals surface area contributed by atoms with Crippen LogP contribution in [0, 0.1) is 0 Å². The summed E-state index contributed by atoms with van der Waals surface area (Å²) in [5.74, 6) is 0.0561. The molecule has 2 aromatic rings. The molecule has 0 spiro atoms. The number of aromatic nitrogens is 1. The molecule has 1 aromatic heterocycles. The predicted molar refractivity (Wildman–Crippen MR) is 62.7 cm³/mol. The molecule has 86 valence electrons. The average Bonchev–Trinajstić information content (AvgIpc) is 2.29. The lowest BCUT2D eigenvalue weighted by Gasteiger charge is -2.05. The van der Waals surface area contributed by atoms with Gasteiger partial charge in [0.05, 0.1) is 16.8 Å². The molecule has 1 aromatic carbocycles. The van der Waals surface area contributed by atoms with Crippen LogP contribution in [0.3, 0.4) is 0 Å². The minimum Gasteiger partial charge on any atom is -0.478 e. The van der Waals surface area contributed by atoms with Gasteiger partial charge in [-0.05, 0) is 24.3 Å². The number of carbonyl (C=O) groups is 1. The first kappa shape index (κ1) is 11.4. The summed E-state index contributed by atoms with van der Waals surface area (Å²) >= 11 is 5.76. The number of hydrogen-bond donors (Lipinski definition) is 1. The summed E-state index contributed by atoms with van der Waals surface area (Å²) in [7, 11) is 0. The SMILES string of the molecule is O=C(O)c1ccc(Oc2cncc(Cl)c2)cc1. The Morgan fingerprint density at radius 2 is 1.88 bits per heavy atom. The lowest BCUT2D eigenvalue weighted by Crippen LogP contribution is -1.95. The molecule has 0 aliphatic rings. The first-order valence-electron chi connectivity index (χ1n) is 4.77. The van der Waals surface area contributed by atoms with Gasteiger partial charge in [-0.3, -0.25) is 4.98 Å². The summed E-state index contributed by atoms with van der Waals surface area (Å²) in [5.41, 5.74) is 0.210. The standard InChI is InChI=1S/C12H8ClNO3/c13-9-5-11(7-14-6-9)17-10-3-1-8(2-4-10)12(15)16/h1-7H,(H,15,16). The van der Waals surface area contributed by atoms with Gasteiger partial charge in [0.2, 0.25) is 0 Å². The van der Waals surface area contributed by atoms with E-state index in [1.165, 1.54) is 24.5 Å². The minimum absolute atomic E-state index is 0.210. The van der Waals surface area contributed by atoms with Crippen LogP contribution in [0.4, 0.5) is 0 Å². The summed E-state index contributed by atoms with van der Waals surface area (Å²) in [6, 6.07) is 7.71. The van der Waals surface area contributed by atoms with Crippen molar-refractivity contribution in [1.82, 2.24) is 4.98 Å². The van der Waals surface area contributed by atoms with Crippen molar-refractivity contribution in [2.75, 3.05) is 0 Å². The van der Waals surface area contributed by atoms with Crippen LogP contribution < -0.4 is 4.74 Å². The molecule has 2 rings (SSSR count). The Hall–Kier alpha value is -2.07. The number of rotatable bonds is 3. The minimum atomic E-state index is -0.971. The van der Waals surface area contributed by atoms with E-state index in [9.17, 15) is 4.79 Å². The number of pyridine rings is 1.